The molecule has 0 aromatic heterocycles. The van der Waals surface area contributed by atoms with E-state index in [0.717, 1.165) is 12.1 Å². The van der Waals surface area contributed by atoms with E-state index in [1.807, 2.05) is 0 Å². The molecule has 0 aliphatic carbocycles. The molecule has 0 bridgehead atoms. The molecule has 0 heterocycles. The van der Waals surface area contributed by atoms with Gasteiger partial charge in [0.05, 0.1) is 9.95 Å². The highest BCUT2D eigenvalue weighted by Gasteiger charge is 2.15. The van der Waals surface area contributed by atoms with Crippen molar-refractivity contribution in [2.75, 3.05) is 6.61 Å². The van der Waals surface area contributed by atoms with Gasteiger partial charge in [-0.2, -0.15) is 4.39 Å². The second kappa shape index (κ2) is 6.32. The highest BCUT2D eigenvalue weighted by atomic mass is 35.5. The summed E-state index contributed by atoms with van der Waals surface area (Å²) in [5, 5.41) is 10.8. The van der Waals surface area contributed by atoms with Crippen LogP contribution in [-0.2, 0) is 0 Å². The standard InChI is InChI=1S/C14H9ClFNO4/c15-11-4-2-1-3-10(11)14(18)8-21-9-5-6-13(17(19)20)12(16)7-9/h1-7H,8H2. The van der Waals surface area contributed by atoms with Gasteiger partial charge in [0.2, 0.25) is 11.6 Å². The van der Waals surface area contributed by atoms with Gasteiger partial charge in [0.1, 0.15) is 5.75 Å². The summed E-state index contributed by atoms with van der Waals surface area (Å²) in [5.41, 5.74) is -0.360. The van der Waals surface area contributed by atoms with E-state index >= 15 is 0 Å². The SMILES string of the molecule is O=C(COc1ccc([N+](=O)[O-])c(F)c1)c1ccccc1Cl. The van der Waals surface area contributed by atoms with Gasteiger partial charge in [-0.1, -0.05) is 23.7 Å². The molecule has 0 saturated carbocycles. The third kappa shape index (κ3) is 3.55. The third-order valence-electron chi connectivity index (χ3n) is 2.66. The number of rotatable bonds is 5. The first-order valence-electron chi connectivity index (χ1n) is 5.83. The summed E-state index contributed by atoms with van der Waals surface area (Å²) >= 11 is 5.87. The zero-order chi connectivity index (χ0) is 15.4. The Balaban J connectivity index is 2.07. The van der Waals surface area contributed by atoms with Crippen molar-refractivity contribution in [1.29, 1.82) is 0 Å². The minimum Gasteiger partial charge on any atom is -0.485 e. The Morgan fingerprint density at radius 1 is 1.29 bits per heavy atom. The number of Topliss-reactive ketones (excluding diaryl/α,β-unsaturated/α-hetero) is 1. The molecule has 0 radical (unpaired) electrons. The van der Waals surface area contributed by atoms with E-state index in [-0.39, 0.29) is 18.1 Å². The maximum Gasteiger partial charge on any atom is 0.305 e. The fraction of sp³-hybridized carbons (Fsp3) is 0.0714. The molecule has 0 atom stereocenters. The summed E-state index contributed by atoms with van der Waals surface area (Å²) in [6.45, 7) is -0.346. The second-order valence-corrected chi connectivity index (χ2v) is 4.47. The van der Waals surface area contributed by atoms with Gasteiger partial charge in [-0.3, -0.25) is 14.9 Å². The van der Waals surface area contributed by atoms with Crippen LogP contribution < -0.4 is 4.74 Å². The molecule has 0 N–H and O–H groups in total. The van der Waals surface area contributed by atoms with E-state index in [4.69, 9.17) is 16.3 Å². The molecule has 0 saturated heterocycles. The van der Waals surface area contributed by atoms with E-state index in [9.17, 15) is 19.3 Å². The molecule has 0 aliphatic rings. The maximum atomic E-state index is 13.4. The average Bonchev–Trinajstić information content (AvgIpc) is 2.45. The molecule has 0 fully saturated rings. The summed E-state index contributed by atoms with van der Waals surface area (Å²) in [5.74, 6) is -1.37. The Kier molecular flexibility index (Phi) is 4.49. The van der Waals surface area contributed by atoms with Gasteiger partial charge in [-0.05, 0) is 18.2 Å². The number of ether oxygens (including phenoxy) is 1. The van der Waals surface area contributed by atoms with E-state index in [2.05, 4.69) is 0 Å². The number of hydrogen-bond donors (Lipinski definition) is 0. The Labute approximate surface area is 124 Å². The topological polar surface area (TPSA) is 69.4 Å². The monoisotopic (exact) mass is 309 g/mol. The lowest BCUT2D eigenvalue weighted by Gasteiger charge is -2.06. The van der Waals surface area contributed by atoms with Gasteiger partial charge in [0.25, 0.3) is 0 Å². The third-order valence-corrected chi connectivity index (χ3v) is 2.99. The first-order chi connectivity index (χ1) is 9.99. The first-order valence-corrected chi connectivity index (χ1v) is 6.21. The zero-order valence-corrected chi connectivity index (χ0v) is 11.3. The number of nitro groups is 1. The minimum atomic E-state index is -1.03. The lowest BCUT2D eigenvalue weighted by atomic mass is 10.1. The van der Waals surface area contributed by atoms with Crippen molar-refractivity contribution in [1.82, 2.24) is 0 Å². The van der Waals surface area contributed by atoms with Crippen molar-refractivity contribution in [3.05, 3.63) is 69.0 Å². The molecule has 0 aliphatic heterocycles. The van der Waals surface area contributed by atoms with E-state index in [1.54, 1.807) is 24.3 Å². The highest BCUT2D eigenvalue weighted by Crippen LogP contribution is 2.23. The quantitative estimate of drug-likeness (QED) is 0.480. The molecule has 2 rings (SSSR count). The van der Waals surface area contributed by atoms with Gasteiger partial charge < -0.3 is 4.74 Å². The van der Waals surface area contributed by atoms with Crippen LogP contribution in [-0.4, -0.2) is 17.3 Å². The molecule has 2 aromatic carbocycles. The van der Waals surface area contributed by atoms with Crippen LogP contribution in [0, 0.1) is 15.9 Å². The summed E-state index contributed by atoms with van der Waals surface area (Å²) in [4.78, 5) is 21.5. The molecule has 0 amide bonds. The van der Waals surface area contributed by atoms with Crippen LogP contribution in [0.4, 0.5) is 10.1 Å². The number of nitro benzene ring substituents is 1. The Bertz CT molecular complexity index is 705. The maximum absolute atomic E-state index is 13.4. The lowest BCUT2D eigenvalue weighted by molar-refractivity contribution is -0.387. The molecule has 108 valence electrons. The minimum absolute atomic E-state index is 0.0264. The van der Waals surface area contributed by atoms with Crippen LogP contribution in [0.15, 0.2) is 42.5 Å². The van der Waals surface area contributed by atoms with Crippen molar-refractivity contribution >= 4 is 23.1 Å². The van der Waals surface area contributed by atoms with Gasteiger partial charge in [0, 0.05) is 17.7 Å². The van der Waals surface area contributed by atoms with E-state index < -0.39 is 16.4 Å². The van der Waals surface area contributed by atoms with Gasteiger partial charge in [0.15, 0.2) is 6.61 Å². The van der Waals surface area contributed by atoms with Crippen molar-refractivity contribution in [2.24, 2.45) is 0 Å². The van der Waals surface area contributed by atoms with Gasteiger partial charge >= 0.3 is 5.69 Å². The van der Waals surface area contributed by atoms with Crippen molar-refractivity contribution in [3.63, 3.8) is 0 Å². The number of carbonyl (C=O) groups is 1. The number of carbonyl (C=O) groups excluding carboxylic acids is 1. The van der Waals surface area contributed by atoms with Gasteiger partial charge in [-0.15, -0.1) is 0 Å². The largest absolute Gasteiger partial charge is 0.485 e. The summed E-state index contributed by atoms with van der Waals surface area (Å²) < 4.78 is 18.5. The Morgan fingerprint density at radius 2 is 2.00 bits per heavy atom. The average molecular weight is 310 g/mol. The van der Waals surface area contributed by atoms with Gasteiger partial charge in [-0.25, -0.2) is 0 Å². The first kappa shape index (κ1) is 14.9. The predicted molar refractivity (Wildman–Crippen MR) is 74.3 cm³/mol. The number of ketones is 1. The summed E-state index contributed by atoms with van der Waals surface area (Å²) in [6.07, 6.45) is 0. The number of benzene rings is 2. The van der Waals surface area contributed by atoms with Crippen LogP contribution >= 0.6 is 11.6 Å². The van der Waals surface area contributed by atoms with Crippen LogP contribution in [0.1, 0.15) is 10.4 Å². The van der Waals surface area contributed by atoms with Crippen molar-refractivity contribution in [3.8, 4) is 5.75 Å². The molecule has 2 aromatic rings. The summed E-state index contributed by atoms with van der Waals surface area (Å²) in [7, 11) is 0. The zero-order valence-electron chi connectivity index (χ0n) is 10.6. The number of halogens is 2. The fourth-order valence-electron chi connectivity index (χ4n) is 1.64. The van der Waals surface area contributed by atoms with Crippen molar-refractivity contribution in [2.45, 2.75) is 0 Å². The summed E-state index contributed by atoms with van der Waals surface area (Å²) in [6, 6.07) is 9.52. The Hall–Kier alpha value is -2.47. The number of hydrogen-bond acceptors (Lipinski definition) is 4. The van der Waals surface area contributed by atoms with Crippen LogP contribution in [0.5, 0.6) is 5.75 Å². The van der Waals surface area contributed by atoms with Crippen LogP contribution in [0.3, 0.4) is 0 Å². The van der Waals surface area contributed by atoms with E-state index in [0.29, 0.717) is 10.6 Å². The number of nitrogens with zero attached hydrogens (tertiary/aromatic N) is 1. The molecular formula is C14H9ClFNO4. The van der Waals surface area contributed by atoms with E-state index in [1.165, 1.54) is 6.07 Å². The van der Waals surface area contributed by atoms with Crippen LogP contribution in [0.25, 0.3) is 0 Å². The lowest BCUT2D eigenvalue weighted by Crippen LogP contribution is -2.12. The fourth-order valence-corrected chi connectivity index (χ4v) is 1.88. The predicted octanol–water partition coefficient (Wildman–Crippen LogP) is 3.65. The van der Waals surface area contributed by atoms with Crippen molar-refractivity contribution < 1.29 is 18.8 Å². The molecule has 0 unspecified atom stereocenters. The second-order valence-electron chi connectivity index (χ2n) is 4.06. The molecule has 7 heteroatoms. The Morgan fingerprint density at radius 3 is 2.62 bits per heavy atom. The molecular weight excluding hydrogens is 301 g/mol. The molecule has 21 heavy (non-hydrogen) atoms. The smallest absolute Gasteiger partial charge is 0.305 e. The van der Waals surface area contributed by atoms with Crippen LogP contribution in [0.2, 0.25) is 5.02 Å². The molecule has 0 spiro atoms. The normalized spacial score (nSPS) is 10.2. The highest BCUT2D eigenvalue weighted by molar-refractivity contribution is 6.34. The molecule has 5 nitrogen and oxygen atoms in total.